The van der Waals surface area contributed by atoms with Gasteiger partial charge in [-0.2, -0.15) is 5.10 Å². The zero-order chi connectivity index (χ0) is 9.14. The lowest BCUT2D eigenvalue weighted by molar-refractivity contribution is 0.0595. The third kappa shape index (κ3) is 1.26. The van der Waals surface area contributed by atoms with Gasteiger partial charge in [-0.05, 0) is 0 Å². The third-order valence-electron chi connectivity index (χ3n) is 1.23. The summed E-state index contributed by atoms with van der Waals surface area (Å²) in [7, 11) is 1.11. The number of nitrogens with zero attached hydrogens (tertiary/aromatic N) is 1. The van der Waals surface area contributed by atoms with Crippen LogP contribution < -0.4 is 5.56 Å². The number of carbonyl (C=O) groups is 1. The van der Waals surface area contributed by atoms with E-state index < -0.39 is 22.8 Å². The first-order valence-corrected chi connectivity index (χ1v) is 3.01. The van der Waals surface area contributed by atoms with Crippen LogP contribution in [0.4, 0.5) is 0 Å². The number of rotatable bonds is 1. The van der Waals surface area contributed by atoms with Crippen molar-refractivity contribution in [2.24, 2.45) is 0 Å². The van der Waals surface area contributed by atoms with Gasteiger partial charge in [-0.1, -0.05) is 0 Å². The quantitative estimate of drug-likeness (QED) is 0.541. The Morgan fingerprint density at radius 2 is 2.42 bits per heavy atom. The van der Waals surface area contributed by atoms with Crippen molar-refractivity contribution in [2.45, 2.75) is 0 Å². The van der Waals surface area contributed by atoms with Gasteiger partial charge in [0.2, 0.25) is 0 Å². The first-order valence-electron chi connectivity index (χ1n) is 3.01. The van der Waals surface area contributed by atoms with E-state index in [0.717, 1.165) is 13.3 Å². The fourth-order valence-corrected chi connectivity index (χ4v) is 0.688. The van der Waals surface area contributed by atoms with Crippen LogP contribution in [0, 0.1) is 0 Å². The Morgan fingerprint density at radius 3 is 2.92 bits per heavy atom. The molecule has 0 spiro atoms. The van der Waals surface area contributed by atoms with E-state index in [0.29, 0.717) is 0 Å². The number of nitrogens with one attached hydrogen (secondary N) is 1. The molecule has 0 aliphatic rings. The van der Waals surface area contributed by atoms with Crippen LogP contribution in [0.3, 0.4) is 0 Å². The van der Waals surface area contributed by atoms with Gasteiger partial charge in [-0.15, -0.1) is 0 Å². The molecule has 1 rings (SSSR count). The highest BCUT2D eigenvalue weighted by atomic mass is 16.5. The van der Waals surface area contributed by atoms with E-state index >= 15 is 0 Å². The maximum atomic E-state index is 10.9. The average Bonchev–Trinajstić information content (AvgIpc) is 2.03. The van der Waals surface area contributed by atoms with E-state index in [4.69, 9.17) is 5.11 Å². The summed E-state index contributed by atoms with van der Waals surface area (Å²) in [6, 6.07) is 0. The highest BCUT2D eigenvalue weighted by Gasteiger charge is 2.15. The van der Waals surface area contributed by atoms with E-state index in [1.165, 1.54) is 0 Å². The lowest BCUT2D eigenvalue weighted by atomic mass is 10.3. The van der Waals surface area contributed by atoms with Crippen LogP contribution in [0.2, 0.25) is 0 Å². The fraction of sp³-hybridized carbons (Fsp3) is 0.167. The second-order valence-electron chi connectivity index (χ2n) is 1.95. The normalized spacial score (nSPS) is 9.42. The van der Waals surface area contributed by atoms with Crippen molar-refractivity contribution in [3.63, 3.8) is 0 Å². The number of ether oxygens (including phenoxy) is 1. The minimum atomic E-state index is -0.892. The van der Waals surface area contributed by atoms with Crippen LogP contribution in [0.5, 0.6) is 5.75 Å². The van der Waals surface area contributed by atoms with Crippen molar-refractivity contribution in [3.05, 3.63) is 22.1 Å². The summed E-state index contributed by atoms with van der Waals surface area (Å²) >= 11 is 0. The number of hydrogen-bond donors (Lipinski definition) is 2. The first-order chi connectivity index (χ1) is 5.66. The van der Waals surface area contributed by atoms with Crippen molar-refractivity contribution in [1.29, 1.82) is 0 Å². The number of aromatic amines is 1. The molecule has 12 heavy (non-hydrogen) atoms. The highest BCUT2D eigenvalue weighted by molar-refractivity contribution is 5.91. The Bertz CT molecular complexity index is 357. The number of H-pyrrole nitrogens is 1. The second kappa shape index (κ2) is 3.04. The van der Waals surface area contributed by atoms with Crippen molar-refractivity contribution < 1.29 is 14.6 Å². The van der Waals surface area contributed by atoms with Gasteiger partial charge in [-0.25, -0.2) is 9.89 Å². The van der Waals surface area contributed by atoms with Gasteiger partial charge in [-0.3, -0.25) is 4.79 Å². The van der Waals surface area contributed by atoms with Crippen LogP contribution in [-0.2, 0) is 4.74 Å². The van der Waals surface area contributed by atoms with Crippen molar-refractivity contribution in [3.8, 4) is 5.75 Å². The molecule has 0 fully saturated rings. The molecule has 0 aromatic carbocycles. The minimum absolute atomic E-state index is 0.437. The number of carbonyl (C=O) groups excluding carboxylic acids is 1. The fourth-order valence-electron chi connectivity index (χ4n) is 0.688. The SMILES string of the molecule is COC(=O)c1c(O)cn[nH]c1=O. The van der Waals surface area contributed by atoms with E-state index in [1.54, 1.807) is 0 Å². The van der Waals surface area contributed by atoms with Crippen molar-refractivity contribution in [1.82, 2.24) is 10.2 Å². The molecule has 0 radical (unpaired) electrons. The Labute approximate surface area is 66.8 Å². The summed E-state index contributed by atoms with van der Waals surface area (Å²) in [5.74, 6) is -1.39. The Morgan fingerprint density at radius 1 is 1.75 bits per heavy atom. The molecule has 0 saturated carbocycles. The number of hydrogen-bond acceptors (Lipinski definition) is 5. The molecule has 64 valence electrons. The molecule has 6 nitrogen and oxygen atoms in total. The molecule has 0 atom stereocenters. The minimum Gasteiger partial charge on any atom is -0.505 e. The zero-order valence-electron chi connectivity index (χ0n) is 6.20. The summed E-state index contributed by atoms with van der Waals surface area (Å²) in [4.78, 5) is 21.7. The average molecular weight is 170 g/mol. The predicted octanol–water partition coefficient (Wildman–Crippen LogP) is -0.738. The van der Waals surface area contributed by atoms with E-state index in [-0.39, 0.29) is 0 Å². The van der Waals surface area contributed by atoms with E-state index in [2.05, 4.69) is 9.84 Å². The molecule has 1 aromatic heterocycles. The van der Waals surface area contributed by atoms with Gasteiger partial charge in [0.05, 0.1) is 13.3 Å². The molecule has 0 saturated heterocycles. The van der Waals surface area contributed by atoms with E-state index in [1.807, 2.05) is 5.10 Å². The maximum absolute atomic E-state index is 10.9. The predicted molar refractivity (Wildman–Crippen MR) is 37.9 cm³/mol. The molecule has 0 bridgehead atoms. The number of aromatic nitrogens is 2. The number of aromatic hydroxyl groups is 1. The standard InChI is InChI=1S/C6H6N2O4/c1-12-6(11)4-3(9)2-7-8-5(4)10/h2H,1H3,(H2,8,9,10). The lowest BCUT2D eigenvalue weighted by Gasteiger charge is -1.98. The summed E-state index contributed by atoms with van der Waals surface area (Å²) in [6.07, 6.45) is 0.952. The molecule has 0 aliphatic heterocycles. The maximum Gasteiger partial charge on any atom is 0.347 e. The number of esters is 1. The van der Waals surface area contributed by atoms with Gasteiger partial charge in [0.1, 0.15) is 0 Å². The molecule has 2 N–H and O–H groups in total. The third-order valence-corrected chi connectivity index (χ3v) is 1.23. The van der Waals surface area contributed by atoms with Crippen molar-refractivity contribution in [2.75, 3.05) is 7.11 Å². The highest BCUT2D eigenvalue weighted by Crippen LogP contribution is 2.09. The Kier molecular flexibility index (Phi) is 2.09. The topological polar surface area (TPSA) is 92.3 Å². The second-order valence-corrected chi connectivity index (χ2v) is 1.95. The van der Waals surface area contributed by atoms with Crippen molar-refractivity contribution >= 4 is 5.97 Å². The monoisotopic (exact) mass is 170 g/mol. The summed E-state index contributed by atoms with van der Waals surface area (Å²) < 4.78 is 4.25. The first kappa shape index (κ1) is 8.25. The largest absolute Gasteiger partial charge is 0.505 e. The smallest absolute Gasteiger partial charge is 0.347 e. The molecule has 0 aliphatic carbocycles. The molecule has 0 unspecified atom stereocenters. The lowest BCUT2D eigenvalue weighted by Crippen LogP contribution is -2.19. The van der Waals surface area contributed by atoms with Gasteiger partial charge < -0.3 is 9.84 Å². The summed E-state index contributed by atoms with van der Waals surface area (Å²) in [5, 5.41) is 14.3. The molecule has 1 heterocycles. The van der Waals surface area contributed by atoms with Gasteiger partial charge in [0.25, 0.3) is 5.56 Å². The Balaban J connectivity index is 3.31. The van der Waals surface area contributed by atoms with Crippen LogP contribution >= 0.6 is 0 Å². The molecular formula is C6H6N2O4. The van der Waals surface area contributed by atoms with Gasteiger partial charge in [0.15, 0.2) is 11.3 Å². The summed E-state index contributed by atoms with van der Waals surface area (Å²) in [5.41, 5.74) is -1.21. The Hall–Kier alpha value is -1.85. The molecule has 0 amide bonds. The molecule has 6 heteroatoms. The van der Waals surface area contributed by atoms with Crippen LogP contribution in [0.25, 0.3) is 0 Å². The zero-order valence-corrected chi connectivity index (χ0v) is 6.20. The van der Waals surface area contributed by atoms with Crippen LogP contribution in [0.15, 0.2) is 11.0 Å². The van der Waals surface area contributed by atoms with E-state index in [9.17, 15) is 9.59 Å². The molecule has 1 aromatic rings. The summed E-state index contributed by atoms with van der Waals surface area (Å²) in [6.45, 7) is 0. The number of methoxy groups -OCH3 is 1. The van der Waals surface area contributed by atoms with Crippen LogP contribution in [-0.4, -0.2) is 28.4 Å². The van der Waals surface area contributed by atoms with Gasteiger partial charge >= 0.3 is 5.97 Å². The van der Waals surface area contributed by atoms with Gasteiger partial charge in [0, 0.05) is 0 Å². The van der Waals surface area contributed by atoms with Crippen LogP contribution in [0.1, 0.15) is 10.4 Å². The molecular weight excluding hydrogens is 164 g/mol.